The van der Waals surface area contributed by atoms with Crippen LogP contribution in [0.2, 0.25) is 0 Å². The van der Waals surface area contributed by atoms with Crippen molar-refractivity contribution < 1.29 is 66.7 Å². The molecule has 4 nitrogen and oxygen atoms in total. The second kappa shape index (κ2) is 11.4. The van der Waals surface area contributed by atoms with Crippen LogP contribution in [0.3, 0.4) is 0 Å². The van der Waals surface area contributed by atoms with Gasteiger partial charge in [-0.15, -0.1) is 0 Å². The number of primary amides is 1. The van der Waals surface area contributed by atoms with E-state index in [4.69, 9.17) is 5.73 Å². The van der Waals surface area contributed by atoms with Gasteiger partial charge in [0.25, 0.3) is 0 Å². The highest BCUT2D eigenvalue weighted by atomic mass is 19.4. The van der Waals surface area contributed by atoms with E-state index in [-0.39, 0.29) is 18.2 Å². The van der Waals surface area contributed by atoms with Crippen LogP contribution in [0, 0.1) is 17.5 Å². The smallest absolute Gasteiger partial charge is 0.366 e. The minimum Gasteiger partial charge on any atom is -0.366 e. The van der Waals surface area contributed by atoms with E-state index in [0.29, 0.717) is 13.0 Å². The van der Waals surface area contributed by atoms with Crippen molar-refractivity contribution in [3.8, 4) is 0 Å². The van der Waals surface area contributed by atoms with Gasteiger partial charge >= 0.3 is 18.5 Å². The van der Waals surface area contributed by atoms with Gasteiger partial charge < -0.3 is 11.1 Å². The lowest BCUT2D eigenvalue weighted by molar-refractivity contribution is -0.141. The number of carbonyl (C=O) groups is 2. The largest absolute Gasteiger partial charge is 0.417 e. The number of hydrogen-bond donors (Lipinski definition) is 2. The summed E-state index contributed by atoms with van der Waals surface area (Å²) in [6.45, 7) is -1.51. The Morgan fingerprint density at radius 2 is 1.43 bits per heavy atom. The van der Waals surface area contributed by atoms with Crippen molar-refractivity contribution in [2.45, 2.75) is 37.3 Å². The topological polar surface area (TPSA) is 72.2 Å². The van der Waals surface area contributed by atoms with E-state index in [9.17, 15) is 62.3 Å². The van der Waals surface area contributed by atoms with Crippen LogP contribution in [-0.2, 0) is 11.0 Å². The molecule has 0 radical (unpaired) electrons. The summed E-state index contributed by atoms with van der Waals surface area (Å²) in [5.41, 5.74) is -3.04. The zero-order valence-corrected chi connectivity index (χ0v) is 19.6. The predicted molar refractivity (Wildman–Crippen MR) is 112 cm³/mol. The van der Waals surface area contributed by atoms with Crippen LogP contribution in [0.25, 0.3) is 5.83 Å². The number of amides is 2. The molecule has 0 aliphatic heterocycles. The first-order valence-electron chi connectivity index (χ1n) is 10.5. The molecule has 0 aromatic heterocycles. The second-order valence-electron chi connectivity index (χ2n) is 8.20. The lowest BCUT2D eigenvalue weighted by atomic mass is 9.85. The number of carbonyl (C=O) groups excluding carboxylic acids is 2. The third-order valence-electron chi connectivity index (χ3n) is 5.37. The van der Waals surface area contributed by atoms with Gasteiger partial charge in [-0.25, -0.2) is 17.6 Å². The van der Waals surface area contributed by atoms with Crippen molar-refractivity contribution in [2.24, 2.45) is 5.73 Å². The van der Waals surface area contributed by atoms with E-state index in [0.717, 1.165) is 0 Å². The summed E-state index contributed by atoms with van der Waals surface area (Å²) in [5, 5.41) is 1.23. The summed E-state index contributed by atoms with van der Waals surface area (Å²) in [6.07, 6.45) is -16.7. The molecular weight excluding hydrogens is 583 g/mol. The normalized spacial score (nSPS) is 14.6. The van der Waals surface area contributed by atoms with Gasteiger partial charge in [-0.2, -0.15) is 39.5 Å². The van der Waals surface area contributed by atoms with Gasteiger partial charge in [0.2, 0.25) is 11.8 Å². The third kappa shape index (κ3) is 7.44. The molecule has 0 aliphatic carbocycles. The standard InChI is InChI=1S/C23H15F13N2O2/c1-8(20(40)38-7-21(28,29)30)16-10(2-3-11(19(37)39)17(16)23(34,35)36)13(24)6-12(22(31,32)33)9-4-14(25)18(27)15(26)5-9/h2-6,8,12H,7H2,1H3,(H2,37,39)(H,38,40)/b13-6-/t8-,12?/m1/s1. The molecule has 2 aromatic rings. The Morgan fingerprint density at radius 3 is 1.85 bits per heavy atom. The van der Waals surface area contributed by atoms with Gasteiger partial charge in [-0.3, -0.25) is 9.59 Å². The fourth-order valence-corrected chi connectivity index (χ4v) is 3.63. The third-order valence-corrected chi connectivity index (χ3v) is 5.37. The molecule has 0 heterocycles. The van der Waals surface area contributed by atoms with Crippen molar-refractivity contribution in [3.05, 3.63) is 75.6 Å². The molecule has 0 bridgehead atoms. The van der Waals surface area contributed by atoms with E-state index in [1.165, 1.54) is 5.32 Å². The first-order valence-corrected chi connectivity index (χ1v) is 10.5. The van der Waals surface area contributed by atoms with E-state index in [1.54, 1.807) is 0 Å². The molecule has 2 rings (SSSR count). The van der Waals surface area contributed by atoms with Gasteiger partial charge in [0.05, 0.1) is 17.0 Å². The van der Waals surface area contributed by atoms with Crippen molar-refractivity contribution in [3.63, 3.8) is 0 Å². The summed E-state index contributed by atoms with van der Waals surface area (Å²) < 4.78 is 176. The molecule has 17 heteroatoms. The number of allylic oxidation sites excluding steroid dienone is 1. The number of nitrogens with two attached hydrogens (primary N) is 1. The van der Waals surface area contributed by atoms with Crippen LogP contribution >= 0.6 is 0 Å². The number of nitrogens with one attached hydrogen (secondary N) is 1. The maximum absolute atomic E-state index is 15.3. The van der Waals surface area contributed by atoms with E-state index >= 15 is 4.39 Å². The molecule has 0 saturated heterocycles. The highest BCUT2D eigenvalue weighted by Gasteiger charge is 2.44. The Bertz CT molecular complexity index is 1300. The van der Waals surface area contributed by atoms with Crippen molar-refractivity contribution in [1.29, 1.82) is 0 Å². The van der Waals surface area contributed by atoms with Crippen LogP contribution < -0.4 is 11.1 Å². The fourth-order valence-electron chi connectivity index (χ4n) is 3.63. The Labute approximate surface area is 215 Å². The van der Waals surface area contributed by atoms with Crippen LogP contribution in [0.5, 0.6) is 0 Å². The monoisotopic (exact) mass is 598 g/mol. The van der Waals surface area contributed by atoms with E-state index in [1.807, 2.05) is 0 Å². The van der Waals surface area contributed by atoms with Crippen LogP contribution in [-0.4, -0.2) is 30.7 Å². The average molecular weight is 598 g/mol. The lowest BCUT2D eigenvalue weighted by Crippen LogP contribution is -2.37. The van der Waals surface area contributed by atoms with Crippen molar-refractivity contribution >= 4 is 17.6 Å². The first kappa shape index (κ1) is 32.4. The molecule has 0 fully saturated rings. The van der Waals surface area contributed by atoms with E-state index < -0.39 is 106 Å². The Balaban J connectivity index is 2.87. The van der Waals surface area contributed by atoms with E-state index in [2.05, 4.69) is 0 Å². The van der Waals surface area contributed by atoms with Gasteiger partial charge in [0.15, 0.2) is 17.5 Å². The Hall–Kier alpha value is -3.79. The molecule has 0 saturated carbocycles. The number of halogens is 13. The lowest BCUT2D eigenvalue weighted by Gasteiger charge is -2.24. The molecule has 1 unspecified atom stereocenters. The molecule has 2 atom stereocenters. The number of alkyl halides is 9. The maximum Gasteiger partial charge on any atom is 0.417 e. The fraction of sp³-hybridized carbons (Fsp3) is 0.304. The minimum absolute atomic E-state index is 0.147. The molecule has 40 heavy (non-hydrogen) atoms. The highest BCUT2D eigenvalue weighted by Crippen LogP contribution is 2.44. The predicted octanol–water partition coefficient (Wildman–Crippen LogP) is 6.66. The maximum atomic E-state index is 15.3. The summed E-state index contributed by atoms with van der Waals surface area (Å²) >= 11 is 0. The number of rotatable bonds is 7. The van der Waals surface area contributed by atoms with Gasteiger partial charge in [-0.1, -0.05) is 6.07 Å². The number of benzene rings is 2. The average Bonchev–Trinajstić information content (AvgIpc) is 2.80. The Kier molecular flexibility index (Phi) is 9.21. The Morgan fingerprint density at radius 1 is 0.925 bits per heavy atom. The zero-order chi connectivity index (χ0) is 31.0. The molecule has 2 amide bonds. The second-order valence-corrected chi connectivity index (χ2v) is 8.20. The van der Waals surface area contributed by atoms with Crippen molar-refractivity contribution in [2.75, 3.05) is 6.54 Å². The summed E-state index contributed by atoms with van der Waals surface area (Å²) in [7, 11) is 0. The highest BCUT2D eigenvalue weighted by molar-refractivity contribution is 5.97. The molecule has 220 valence electrons. The molecule has 0 aliphatic rings. The number of hydrogen-bond acceptors (Lipinski definition) is 2. The summed E-state index contributed by atoms with van der Waals surface area (Å²) in [5.74, 6) is -17.9. The molecular formula is C23H15F13N2O2. The van der Waals surface area contributed by atoms with Crippen LogP contribution in [0.4, 0.5) is 57.1 Å². The van der Waals surface area contributed by atoms with Gasteiger partial charge in [0, 0.05) is 5.56 Å². The minimum atomic E-state index is -5.65. The van der Waals surface area contributed by atoms with Crippen LogP contribution in [0.15, 0.2) is 30.3 Å². The SMILES string of the molecule is C[C@@H](C(=O)NCC(F)(F)F)c1c(/C(F)=C/C(c2cc(F)c(F)c(F)c2)C(F)(F)F)ccc(C(N)=O)c1C(F)(F)F. The summed E-state index contributed by atoms with van der Waals surface area (Å²) in [6, 6.07) is 0.262. The molecule has 2 aromatic carbocycles. The molecule has 3 N–H and O–H groups in total. The summed E-state index contributed by atoms with van der Waals surface area (Å²) in [4.78, 5) is 24.0. The zero-order valence-electron chi connectivity index (χ0n) is 19.6. The first-order chi connectivity index (χ1) is 18.1. The quantitative estimate of drug-likeness (QED) is 0.277. The van der Waals surface area contributed by atoms with Gasteiger partial charge in [0.1, 0.15) is 18.3 Å². The van der Waals surface area contributed by atoms with Crippen LogP contribution in [0.1, 0.15) is 51.4 Å². The van der Waals surface area contributed by atoms with Crippen molar-refractivity contribution in [1.82, 2.24) is 5.32 Å². The van der Waals surface area contributed by atoms with Gasteiger partial charge in [-0.05, 0) is 42.3 Å². The molecule has 0 spiro atoms.